The summed E-state index contributed by atoms with van der Waals surface area (Å²) in [5, 5.41) is 8.04. The lowest BCUT2D eigenvalue weighted by molar-refractivity contribution is 0.0877. The summed E-state index contributed by atoms with van der Waals surface area (Å²) in [4.78, 5) is 13.1. The molecule has 106 valence electrons. The van der Waals surface area contributed by atoms with Gasteiger partial charge in [0.25, 0.3) is 5.91 Å². The number of aryl methyl sites for hydroxylation is 1. The van der Waals surface area contributed by atoms with Crippen LogP contribution in [0, 0.1) is 5.92 Å². The average Bonchev–Trinajstić information content (AvgIpc) is 2.90. The molecule has 0 saturated heterocycles. The van der Waals surface area contributed by atoms with Gasteiger partial charge in [-0.1, -0.05) is 34.3 Å². The Kier molecular flexibility index (Phi) is 4.95. The van der Waals surface area contributed by atoms with Gasteiger partial charge in [0, 0.05) is 5.33 Å². The fraction of sp³-hybridized carbons (Fsp3) is 0.769. The van der Waals surface area contributed by atoms with Gasteiger partial charge in [-0.15, -0.1) is 5.10 Å². The Morgan fingerprint density at radius 3 is 2.79 bits per heavy atom. The van der Waals surface area contributed by atoms with Crippen LogP contribution in [-0.2, 0) is 6.42 Å². The largest absolute Gasteiger partial charge is 0.345 e. The smallest absolute Gasteiger partial charge is 0.265 e. The zero-order valence-corrected chi connectivity index (χ0v) is 13.8. The SMILES string of the molecule is CCc1nnsc1C(=O)NC1(CBr)CCC(C)CC1. The number of carbonyl (C=O) groups is 1. The highest BCUT2D eigenvalue weighted by Gasteiger charge is 2.35. The lowest BCUT2D eigenvalue weighted by atomic mass is 9.78. The topological polar surface area (TPSA) is 54.9 Å². The Balaban J connectivity index is 2.08. The molecule has 2 rings (SSSR count). The molecule has 0 aliphatic heterocycles. The van der Waals surface area contributed by atoms with E-state index in [1.54, 1.807) is 0 Å². The number of halogens is 1. The van der Waals surface area contributed by atoms with Gasteiger partial charge in [-0.2, -0.15) is 0 Å². The van der Waals surface area contributed by atoms with Crippen LogP contribution in [-0.4, -0.2) is 26.4 Å². The monoisotopic (exact) mass is 345 g/mol. The summed E-state index contributed by atoms with van der Waals surface area (Å²) in [6, 6.07) is 0. The van der Waals surface area contributed by atoms with Gasteiger partial charge in [0.2, 0.25) is 0 Å². The van der Waals surface area contributed by atoms with Crippen molar-refractivity contribution in [1.29, 1.82) is 0 Å². The minimum absolute atomic E-state index is 0.0131. The van der Waals surface area contributed by atoms with Gasteiger partial charge in [0.15, 0.2) is 0 Å². The van der Waals surface area contributed by atoms with E-state index in [0.29, 0.717) is 4.88 Å². The van der Waals surface area contributed by atoms with E-state index in [-0.39, 0.29) is 11.4 Å². The number of hydrogen-bond acceptors (Lipinski definition) is 4. The lowest BCUT2D eigenvalue weighted by Gasteiger charge is -2.38. The van der Waals surface area contributed by atoms with Crippen molar-refractivity contribution in [2.45, 2.75) is 51.5 Å². The molecule has 6 heteroatoms. The van der Waals surface area contributed by atoms with Crippen LogP contribution < -0.4 is 5.32 Å². The van der Waals surface area contributed by atoms with Crippen molar-refractivity contribution in [2.24, 2.45) is 5.92 Å². The van der Waals surface area contributed by atoms with Crippen LogP contribution in [0.3, 0.4) is 0 Å². The molecule has 0 aromatic carbocycles. The molecule has 0 unspecified atom stereocenters. The second-order valence-corrected chi connectivity index (χ2v) is 6.77. The third-order valence-electron chi connectivity index (χ3n) is 3.96. The second kappa shape index (κ2) is 6.31. The number of carbonyl (C=O) groups excluding carboxylic acids is 1. The molecule has 1 aromatic heterocycles. The Morgan fingerprint density at radius 1 is 1.53 bits per heavy atom. The lowest BCUT2D eigenvalue weighted by Crippen LogP contribution is -2.52. The predicted molar refractivity (Wildman–Crippen MR) is 80.9 cm³/mol. The number of alkyl halides is 1. The molecule has 0 spiro atoms. The zero-order chi connectivity index (χ0) is 13.9. The molecule has 4 nitrogen and oxygen atoms in total. The molecule has 1 aliphatic rings. The van der Waals surface area contributed by atoms with E-state index in [0.717, 1.165) is 36.2 Å². The quantitative estimate of drug-likeness (QED) is 0.852. The summed E-state index contributed by atoms with van der Waals surface area (Å²) >= 11 is 4.76. The molecule has 1 aliphatic carbocycles. The van der Waals surface area contributed by atoms with Gasteiger partial charge in [0.05, 0.1) is 11.2 Å². The van der Waals surface area contributed by atoms with Crippen LogP contribution >= 0.6 is 27.5 Å². The number of amides is 1. The highest BCUT2D eigenvalue weighted by atomic mass is 79.9. The summed E-state index contributed by atoms with van der Waals surface area (Å²) in [5.41, 5.74) is 0.704. The number of rotatable bonds is 4. The van der Waals surface area contributed by atoms with Gasteiger partial charge < -0.3 is 5.32 Å². The molecule has 1 heterocycles. The van der Waals surface area contributed by atoms with E-state index in [1.807, 2.05) is 6.92 Å². The van der Waals surface area contributed by atoms with Crippen molar-refractivity contribution in [1.82, 2.24) is 14.9 Å². The minimum atomic E-state index is -0.0986. The summed E-state index contributed by atoms with van der Waals surface area (Å²) in [6.07, 6.45) is 5.18. The highest BCUT2D eigenvalue weighted by molar-refractivity contribution is 9.09. The van der Waals surface area contributed by atoms with Crippen molar-refractivity contribution < 1.29 is 4.79 Å². The van der Waals surface area contributed by atoms with Crippen LogP contribution in [0.5, 0.6) is 0 Å². The maximum atomic E-state index is 12.4. The first-order chi connectivity index (χ1) is 9.10. The van der Waals surface area contributed by atoms with Gasteiger partial charge in [0.1, 0.15) is 4.88 Å². The first kappa shape index (κ1) is 14.9. The minimum Gasteiger partial charge on any atom is -0.345 e. The Hall–Kier alpha value is -0.490. The molecule has 19 heavy (non-hydrogen) atoms. The molecular weight excluding hydrogens is 326 g/mol. The molecule has 1 N–H and O–H groups in total. The second-order valence-electron chi connectivity index (χ2n) is 5.45. The first-order valence-electron chi connectivity index (χ1n) is 6.80. The molecule has 1 amide bonds. The van der Waals surface area contributed by atoms with Crippen molar-refractivity contribution in [3.63, 3.8) is 0 Å². The summed E-state index contributed by atoms with van der Waals surface area (Å²) in [7, 11) is 0. The maximum Gasteiger partial charge on any atom is 0.265 e. The van der Waals surface area contributed by atoms with E-state index >= 15 is 0 Å². The van der Waals surface area contributed by atoms with Crippen molar-refractivity contribution in [2.75, 3.05) is 5.33 Å². The number of hydrogen-bond donors (Lipinski definition) is 1. The van der Waals surface area contributed by atoms with Crippen LogP contribution in [0.25, 0.3) is 0 Å². The molecule has 1 aromatic rings. The van der Waals surface area contributed by atoms with E-state index in [2.05, 4.69) is 37.8 Å². The van der Waals surface area contributed by atoms with E-state index < -0.39 is 0 Å². The molecule has 1 saturated carbocycles. The fourth-order valence-electron chi connectivity index (χ4n) is 2.52. The average molecular weight is 346 g/mol. The van der Waals surface area contributed by atoms with Gasteiger partial charge in [-0.05, 0) is 49.6 Å². The van der Waals surface area contributed by atoms with Gasteiger partial charge in [-0.25, -0.2) is 0 Å². The molecule has 0 bridgehead atoms. The molecule has 0 atom stereocenters. The highest BCUT2D eigenvalue weighted by Crippen LogP contribution is 2.33. The van der Waals surface area contributed by atoms with Crippen molar-refractivity contribution >= 4 is 33.4 Å². The Bertz CT molecular complexity index is 441. The van der Waals surface area contributed by atoms with E-state index in [4.69, 9.17) is 0 Å². The maximum absolute atomic E-state index is 12.4. The van der Waals surface area contributed by atoms with Crippen molar-refractivity contribution in [3.8, 4) is 0 Å². The third kappa shape index (κ3) is 3.34. The standard InChI is InChI=1S/C13H20BrN3OS/c1-3-10-11(19-17-16-10)12(18)15-13(8-14)6-4-9(2)5-7-13/h9H,3-8H2,1-2H3,(H,15,18). The third-order valence-corrected chi connectivity index (χ3v) is 5.80. The molecular formula is C13H20BrN3OS. The summed E-state index contributed by atoms with van der Waals surface area (Å²) in [6.45, 7) is 4.28. The van der Waals surface area contributed by atoms with Crippen LogP contribution in [0.2, 0.25) is 0 Å². The Morgan fingerprint density at radius 2 is 2.21 bits per heavy atom. The molecule has 1 fully saturated rings. The number of aromatic nitrogens is 2. The zero-order valence-electron chi connectivity index (χ0n) is 11.4. The summed E-state index contributed by atoms with van der Waals surface area (Å²) < 4.78 is 3.89. The van der Waals surface area contributed by atoms with Crippen LogP contribution in [0.15, 0.2) is 0 Å². The fourth-order valence-corrected chi connectivity index (χ4v) is 3.86. The first-order valence-corrected chi connectivity index (χ1v) is 8.69. The number of nitrogens with zero attached hydrogens (tertiary/aromatic N) is 2. The van der Waals surface area contributed by atoms with E-state index in [9.17, 15) is 4.79 Å². The van der Waals surface area contributed by atoms with Crippen molar-refractivity contribution in [3.05, 3.63) is 10.6 Å². The van der Waals surface area contributed by atoms with Crippen LogP contribution in [0.4, 0.5) is 0 Å². The van der Waals surface area contributed by atoms with Crippen LogP contribution in [0.1, 0.15) is 54.9 Å². The summed E-state index contributed by atoms with van der Waals surface area (Å²) in [5.74, 6) is 0.751. The van der Waals surface area contributed by atoms with Gasteiger partial charge in [-0.3, -0.25) is 4.79 Å². The number of nitrogens with one attached hydrogen (secondary N) is 1. The van der Waals surface area contributed by atoms with E-state index in [1.165, 1.54) is 24.4 Å². The Labute approximate surface area is 126 Å². The van der Waals surface area contributed by atoms with Gasteiger partial charge >= 0.3 is 0 Å². The predicted octanol–water partition coefficient (Wildman–Crippen LogP) is 3.17. The normalized spacial score (nSPS) is 27.2. The molecule has 0 radical (unpaired) electrons.